The van der Waals surface area contributed by atoms with E-state index < -0.39 is 11.9 Å². The van der Waals surface area contributed by atoms with Crippen molar-refractivity contribution in [2.45, 2.75) is 0 Å². The number of phenolic OH excluding ortho intramolecular Hbond substituents is 1. The number of fused-ring (bicyclic) bond motifs is 1. The Labute approximate surface area is 141 Å². The first-order chi connectivity index (χ1) is 12.0. The summed E-state index contributed by atoms with van der Waals surface area (Å²) in [6.45, 7) is 0. The van der Waals surface area contributed by atoms with Gasteiger partial charge < -0.3 is 15.3 Å². The Bertz CT molecular complexity index is 1030. The zero-order valence-corrected chi connectivity index (χ0v) is 12.7. The Hall–Kier alpha value is -3.74. The van der Waals surface area contributed by atoms with Crippen LogP contribution in [0, 0.1) is 0 Å². The highest BCUT2D eigenvalue weighted by Crippen LogP contribution is 2.36. The predicted molar refractivity (Wildman–Crippen MR) is 90.1 cm³/mol. The van der Waals surface area contributed by atoms with Gasteiger partial charge in [0.2, 0.25) is 0 Å². The molecule has 0 aliphatic carbocycles. The van der Waals surface area contributed by atoms with Gasteiger partial charge in [0, 0.05) is 5.39 Å². The van der Waals surface area contributed by atoms with Crippen molar-refractivity contribution in [1.29, 1.82) is 0 Å². The molecule has 0 fully saturated rings. The number of hydrogen-bond donors (Lipinski definition) is 3. The van der Waals surface area contributed by atoms with Crippen molar-refractivity contribution in [2.24, 2.45) is 10.2 Å². The minimum absolute atomic E-state index is 0.0666. The summed E-state index contributed by atoms with van der Waals surface area (Å²) in [5, 5.41) is 37.7. The van der Waals surface area contributed by atoms with E-state index in [0.29, 0.717) is 5.39 Å². The molecular weight excluding hydrogens is 324 g/mol. The number of phenols is 1. The lowest BCUT2D eigenvalue weighted by Crippen LogP contribution is -2.07. The van der Waals surface area contributed by atoms with Gasteiger partial charge in [0.25, 0.3) is 0 Å². The second kappa shape index (κ2) is 6.40. The molecule has 0 aliphatic rings. The van der Waals surface area contributed by atoms with Gasteiger partial charge in [0.05, 0.1) is 16.8 Å². The Morgan fingerprint density at radius 1 is 0.800 bits per heavy atom. The molecule has 0 unspecified atom stereocenters. The molecule has 0 aliphatic heterocycles. The fourth-order valence-corrected chi connectivity index (χ4v) is 2.41. The molecule has 3 aromatic rings. The van der Waals surface area contributed by atoms with E-state index in [-0.39, 0.29) is 28.3 Å². The van der Waals surface area contributed by atoms with E-state index >= 15 is 0 Å². The van der Waals surface area contributed by atoms with Crippen molar-refractivity contribution in [3.8, 4) is 5.75 Å². The topological polar surface area (TPSA) is 120 Å². The minimum atomic E-state index is -1.37. The van der Waals surface area contributed by atoms with Crippen molar-refractivity contribution >= 4 is 34.1 Å². The fraction of sp³-hybridized carbons (Fsp3) is 0. The molecular formula is C18H12N2O5. The van der Waals surface area contributed by atoms with Crippen LogP contribution in [0.15, 0.2) is 64.8 Å². The van der Waals surface area contributed by atoms with Crippen LogP contribution in [0.2, 0.25) is 0 Å². The molecule has 0 saturated heterocycles. The summed E-state index contributed by atoms with van der Waals surface area (Å²) in [4.78, 5) is 22.3. The quantitative estimate of drug-likeness (QED) is 0.612. The van der Waals surface area contributed by atoms with Gasteiger partial charge in [-0.3, -0.25) is 0 Å². The number of benzene rings is 3. The van der Waals surface area contributed by atoms with Crippen LogP contribution in [0.5, 0.6) is 5.75 Å². The monoisotopic (exact) mass is 336 g/mol. The van der Waals surface area contributed by atoms with E-state index in [2.05, 4.69) is 10.2 Å². The van der Waals surface area contributed by atoms with E-state index in [1.807, 2.05) is 12.1 Å². The first-order valence-electron chi connectivity index (χ1n) is 7.20. The molecule has 0 saturated carbocycles. The number of azo groups is 1. The van der Waals surface area contributed by atoms with Gasteiger partial charge >= 0.3 is 11.9 Å². The molecule has 3 aromatic carbocycles. The highest BCUT2D eigenvalue weighted by molar-refractivity contribution is 6.02. The highest BCUT2D eigenvalue weighted by Gasteiger charge is 2.16. The summed E-state index contributed by atoms with van der Waals surface area (Å²) in [7, 11) is 0. The normalized spacial score (nSPS) is 11.0. The van der Waals surface area contributed by atoms with Crippen molar-refractivity contribution < 1.29 is 24.9 Å². The molecule has 0 bridgehead atoms. The smallest absolute Gasteiger partial charge is 0.336 e. The number of carboxylic acids is 2. The molecule has 7 heteroatoms. The highest BCUT2D eigenvalue weighted by atomic mass is 16.4. The van der Waals surface area contributed by atoms with Crippen LogP contribution < -0.4 is 0 Å². The molecule has 3 rings (SSSR count). The maximum atomic E-state index is 11.2. The van der Waals surface area contributed by atoms with E-state index in [0.717, 1.165) is 17.5 Å². The lowest BCUT2D eigenvalue weighted by atomic mass is 10.1. The number of aromatic carboxylic acids is 2. The average Bonchev–Trinajstić information content (AvgIpc) is 2.60. The van der Waals surface area contributed by atoms with Gasteiger partial charge in [-0.05, 0) is 29.7 Å². The van der Waals surface area contributed by atoms with E-state index in [1.54, 1.807) is 18.2 Å². The molecule has 7 nitrogen and oxygen atoms in total. The van der Waals surface area contributed by atoms with Gasteiger partial charge in [-0.1, -0.05) is 30.3 Å². The molecule has 0 amide bonds. The number of rotatable bonds is 4. The second-order valence-electron chi connectivity index (χ2n) is 5.19. The van der Waals surface area contributed by atoms with E-state index in [1.165, 1.54) is 12.1 Å². The van der Waals surface area contributed by atoms with Gasteiger partial charge in [0.15, 0.2) is 0 Å². The van der Waals surface area contributed by atoms with Crippen LogP contribution in [-0.4, -0.2) is 27.3 Å². The second-order valence-corrected chi connectivity index (χ2v) is 5.19. The Kier molecular flexibility index (Phi) is 4.13. The molecule has 0 radical (unpaired) electrons. The van der Waals surface area contributed by atoms with Crippen molar-refractivity contribution in [2.75, 3.05) is 0 Å². The lowest BCUT2D eigenvalue weighted by molar-refractivity contribution is 0.0651. The number of carbonyl (C=O) groups is 2. The maximum Gasteiger partial charge on any atom is 0.336 e. The SMILES string of the molecule is O=C(O)c1ccc(N=Nc2c(O)ccc3ccccc23)cc1C(=O)O. The summed E-state index contributed by atoms with van der Waals surface area (Å²) >= 11 is 0. The van der Waals surface area contributed by atoms with Gasteiger partial charge in [0.1, 0.15) is 11.4 Å². The molecule has 0 spiro atoms. The Morgan fingerprint density at radius 2 is 1.52 bits per heavy atom. The molecule has 124 valence electrons. The molecule has 3 N–H and O–H groups in total. The van der Waals surface area contributed by atoms with Crippen LogP contribution in [0.3, 0.4) is 0 Å². The number of carboxylic acid groups (broad SMARTS) is 2. The van der Waals surface area contributed by atoms with E-state index in [9.17, 15) is 14.7 Å². The van der Waals surface area contributed by atoms with Gasteiger partial charge in [-0.15, -0.1) is 5.11 Å². The fourth-order valence-electron chi connectivity index (χ4n) is 2.41. The summed E-state index contributed by atoms with van der Waals surface area (Å²) in [6, 6.07) is 14.1. The summed E-state index contributed by atoms with van der Waals surface area (Å²) < 4.78 is 0. The third kappa shape index (κ3) is 3.16. The van der Waals surface area contributed by atoms with Gasteiger partial charge in [-0.2, -0.15) is 5.11 Å². The zero-order chi connectivity index (χ0) is 18.0. The lowest BCUT2D eigenvalue weighted by Gasteiger charge is -2.04. The first kappa shape index (κ1) is 16.1. The number of hydrogen-bond acceptors (Lipinski definition) is 5. The first-order valence-corrected chi connectivity index (χ1v) is 7.20. The van der Waals surface area contributed by atoms with Crippen LogP contribution in [0.25, 0.3) is 10.8 Å². The molecule has 0 aromatic heterocycles. The molecule has 0 heterocycles. The summed E-state index contributed by atoms with van der Waals surface area (Å²) in [5.74, 6) is -2.78. The minimum Gasteiger partial charge on any atom is -0.506 e. The Morgan fingerprint density at radius 3 is 2.24 bits per heavy atom. The largest absolute Gasteiger partial charge is 0.506 e. The van der Waals surface area contributed by atoms with Crippen molar-refractivity contribution in [1.82, 2.24) is 0 Å². The summed E-state index contributed by atoms with van der Waals surface area (Å²) in [6.07, 6.45) is 0. The van der Waals surface area contributed by atoms with Crippen LogP contribution in [0.1, 0.15) is 20.7 Å². The standard InChI is InChI=1S/C18H12N2O5/c21-15-8-5-10-3-1-2-4-12(10)16(15)20-19-11-6-7-13(17(22)23)14(9-11)18(24)25/h1-9,21H,(H,22,23)(H,24,25). The van der Waals surface area contributed by atoms with Crippen molar-refractivity contribution in [3.63, 3.8) is 0 Å². The van der Waals surface area contributed by atoms with Crippen molar-refractivity contribution in [3.05, 3.63) is 65.7 Å². The van der Waals surface area contributed by atoms with Crippen LogP contribution >= 0.6 is 0 Å². The molecule has 0 atom stereocenters. The number of aromatic hydroxyl groups is 1. The number of nitrogens with zero attached hydrogens (tertiary/aromatic N) is 2. The zero-order valence-electron chi connectivity index (χ0n) is 12.7. The van der Waals surface area contributed by atoms with Crippen LogP contribution in [0.4, 0.5) is 11.4 Å². The molecule has 25 heavy (non-hydrogen) atoms. The van der Waals surface area contributed by atoms with Crippen LogP contribution in [-0.2, 0) is 0 Å². The third-order valence-corrected chi connectivity index (χ3v) is 3.61. The predicted octanol–water partition coefficient (Wildman–Crippen LogP) is 4.36. The Balaban J connectivity index is 2.06. The summed E-state index contributed by atoms with van der Waals surface area (Å²) in [5.41, 5.74) is -0.308. The van der Waals surface area contributed by atoms with Gasteiger partial charge in [-0.25, -0.2) is 9.59 Å². The maximum absolute atomic E-state index is 11.2. The van der Waals surface area contributed by atoms with E-state index in [4.69, 9.17) is 10.2 Å². The third-order valence-electron chi connectivity index (χ3n) is 3.61. The average molecular weight is 336 g/mol.